The van der Waals surface area contributed by atoms with Crippen LogP contribution in [0.25, 0.3) is 5.65 Å². The maximum absolute atomic E-state index is 14.2. The number of hydrogen-bond donors (Lipinski definition) is 1. The van der Waals surface area contributed by atoms with E-state index in [4.69, 9.17) is 5.73 Å². The van der Waals surface area contributed by atoms with E-state index in [1.54, 1.807) is 6.20 Å². The Morgan fingerprint density at radius 1 is 1.15 bits per heavy atom. The van der Waals surface area contributed by atoms with Gasteiger partial charge in [0.2, 0.25) is 0 Å². The summed E-state index contributed by atoms with van der Waals surface area (Å²) in [6.45, 7) is 1.60. The van der Waals surface area contributed by atoms with Gasteiger partial charge in [-0.25, -0.2) is 18.3 Å². The van der Waals surface area contributed by atoms with E-state index in [9.17, 15) is 8.78 Å². The lowest BCUT2D eigenvalue weighted by Crippen LogP contribution is -2.44. The largest absolute Gasteiger partial charge is 0.327 e. The van der Waals surface area contributed by atoms with E-state index in [0.717, 1.165) is 49.8 Å². The van der Waals surface area contributed by atoms with Gasteiger partial charge in [-0.15, -0.1) is 0 Å². The molecule has 5 nitrogen and oxygen atoms in total. The zero-order chi connectivity index (χ0) is 18.5. The fourth-order valence-electron chi connectivity index (χ4n) is 4.68. The summed E-state index contributed by atoms with van der Waals surface area (Å²) in [5.41, 5.74) is 9.99. The van der Waals surface area contributed by atoms with E-state index in [0.29, 0.717) is 11.6 Å². The van der Waals surface area contributed by atoms with Crippen LogP contribution in [0, 0.1) is 11.6 Å². The van der Waals surface area contributed by atoms with Crippen molar-refractivity contribution in [2.24, 2.45) is 5.73 Å². The molecule has 1 saturated carbocycles. The van der Waals surface area contributed by atoms with Crippen LogP contribution in [0.5, 0.6) is 0 Å². The topological polar surface area (TPSA) is 59.5 Å². The summed E-state index contributed by atoms with van der Waals surface area (Å²) < 4.78 is 29.6. The Kier molecular flexibility index (Phi) is 3.94. The Bertz CT molecular complexity index is 1000. The number of benzene rings is 1. The van der Waals surface area contributed by atoms with Crippen LogP contribution in [0.1, 0.15) is 42.0 Å². The third kappa shape index (κ3) is 2.82. The molecule has 1 aliphatic heterocycles. The zero-order valence-corrected chi connectivity index (χ0v) is 14.9. The highest BCUT2D eigenvalue weighted by Crippen LogP contribution is 2.38. The van der Waals surface area contributed by atoms with Crippen LogP contribution >= 0.6 is 0 Å². The monoisotopic (exact) mass is 369 g/mol. The Balaban J connectivity index is 1.32. The molecule has 1 aromatic carbocycles. The second kappa shape index (κ2) is 6.35. The van der Waals surface area contributed by atoms with Crippen molar-refractivity contribution < 1.29 is 8.78 Å². The molecule has 0 spiro atoms. The van der Waals surface area contributed by atoms with Crippen LogP contribution in [-0.4, -0.2) is 31.6 Å². The number of fused-ring (bicyclic) bond motifs is 3. The van der Waals surface area contributed by atoms with Gasteiger partial charge < -0.3 is 5.73 Å². The molecule has 1 unspecified atom stereocenters. The van der Waals surface area contributed by atoms with Gasteiger partial charge in [-0.3, -0.25) is 4.90 Å². The molecule has 2 aromatic heterocycles. The van der Waals surface area contributed by atoms with Crippen LogP contribution < -0.4 is 5.73 Å². The molecule has 3 atom stereocenters. The van der Waals surface area contributed by atoms with Crippen molar-refractivity contribution in [1.29, 1.82) is 0 Å². The van der Waals surface area contributed by atoms with Crippen molar-refractivity contribution in [1.82, 2.24) is 19.5 Å². The van der Waals surface area contributed by atoms with Crippen LogP contribution in [0.2, 0.25) is 0 Å². The van der Waals surface area contributed by atoms with Gasteiger partial charge in [-0.2, -0.15) is 5.10 Å². The smallest absolute Gasteiger partial charge is 0.159 e. The standard InChI is InChI=1S/C20H21F2N5/c21-12-2-5-17(22)15(8-12)14-4-3-13(9-18(14)23)26-10-16-19(11-26)25-27-7-1-6-24-20(16)27/h1-2,5-8,13-14,18H,3-4,9-11,23H2/t13-,14?,18-/m0/s1. The van der Waals surface area contributed by atoms with Crippen molar-refractivity contribution in [2.45, 2.75) is 50.4 Å². The first-order valence-corrected chi connectivity index (χ1v) is 9.36. The van der Waals surface area contributed by atoms with Gasteiger partial charge in [0, 0.05) is 49.0 Å². The minimum absolute atomic E-state index is 0.137. The lowest BCUT2D eigenvalue weighted by molar-refractivity contribution is 0.136. The molecular formula is C20H21F2N5. The van der Waals surface area contributed by atoms with Crippen molar-refractivity contribution in [3.8, 4) is 0 Å². The first-order valence-electron chi connectivity index (χ1n) is 9.36. The molecule has 0 radical (unpaired) electrons. The number of aromatic nitrogens is 3. The summed E-state index contributed by atoms with van der Waals surface area (Å²) in [5.74, 6) is -0.913. The average Bonchev–Trinajstić information content (AvgIpc) is 3.22. The third-order valence-electron chi connectivity index (χ3n) is 6.03. The first-order chi connectivity index (χ1) is 13.1. The van der Waals surface area contributed by atoms with Gasteiger partial charge in [0.05, 0.1) is 5.69 Å². The van der Waals surface area contributed by atoms with Crippen molar-refractivity contribution in [2.75, 3.05) is 0 Å². The number of nitrogens with zero attached hydrogens (tertiary/aromatic N) is 4. The molecule has 2 aliphatic rings. The van der Waals surface area contributed by atoms with Crippen LogP contribution in [-0.2, 0) is 13.1 Å². The van der Waals surface area contributed by atoms with Crippen molar-refractivity contribution in [3.63, 3.8) is 0 Å². The lowest BCUT2D eigenvalue weighted by Gasteiger charge is -2.38. The molecule has 3 heterocycles. The van der Waals surface area contributed by atoms with Crippen LogP contribution in [0.4, 0.5) is 8.78 Å². The Hall–Kier alpha value is -2.38. The first kappa shape index (κ1) is 16.8. The van der Waals surface area contributed by atoms with Crippen molar-refractivity contribution >= 4 is 5.65 Å². The summed E-state index contributed by atoms with van der Waals surface area (Å²) in [6.07, 6.45) is 6.14. The Labute approximate surface area is 155 Å². The van der Waals surface area contributed by atoms with Gasteiger partial charge in [0.25, 0.3) is 0 Å². The highest BCUT2D eigenvalue weighted by atomic mass is 19.1. The van der Waals surface area contributed by atoms with Gasteiger partial charge in [0.15, 0.2) is 5.65 Å². The highest BCUT2D eigenvalue weighted by Gasteiger charge is 2.36. The number of hydrogen-bond acceptors (Lipinski definition) is 4. The van der Waals surface area contributed by atoms with E-state index in [-0.39, 0.29) is 17.8 Å². The maximum atomic E-state index is 14.2. The third-order valence-corrected chi connectivity index (χ3v) is 6.03. The van der Waals surface area contributed by atoms with Gasteiger partial charge in [-0.05, 0) is 49.1 Å². The Morgan fingerprint density at radius 2 is 2.04 bits per heavy atom. The van der Waals surface area contributed by atoms with E-state index in [2.05, 4.69) is 15.0 Å². The summed E-state index contributed by atoms with van der Waals surface area (Å²) in [5, 5.41) is 4.63. The van der Waals surface area contributed by atoms with Crippen LogP contribution in [0.3, 0.4) is 0 Å². The molecule has 140 valence electrons. The molecule has 27 heavy (non-hydrogen) atoms. The molecule has 2 N–H and O–H groups in total. The molecule has 1 aliphatic carbocycles. The molecule has 5 rings (SSSR count). The predicted octanol–water partition coefficient (Wildman–Crippen LogP) is 2.99. The minimum atomic E-state index is -0.411. The highest BCUT2D eigenvalue weighted by molar-refractivity contribution is 5.51. The summed E-state index contributed by atoms with van der Waals surface area (Å²) >= 11 is 0. The summed E-state index contributed by atoms with van der Waals surface area (Å²) in [7, 11) is 0. The molecule has 7 heteroatoms. The molecular weight excluding hydrogens is 348 g/mol. The van der Waals surface area contributed by atoms with E-state index in [1.807, 2.05) is 16.8 Å². The number of halogens is 2. The van der Waals surface area contributed by atoms with Crippen LogP contribution in [0.15, 0.2) is 36.7 Å². The summed E-state index contributed by atoms with van der Waals surface area (Å²) in [6, 6.07) is 5.66. The van der Waals surface area contributed by atoms with Crippen molar-refractivity contribution in [3.05, 3.63) is 65.1 Å². The second-order valence-corrected chi connectivity index (χ2v) is 7.62. The number of nitrogens with two attached hydrogens (primary N) is 1. The van der Waals surface area contributed by atoms with Gasteiger partial charge in [0.1, 0.15) is 11.6 Å². The van der Waals surface area contributed by atoms with E-state index >= 15 is 0 Å². The van der Waals surface area contributed by atoms with Gasteiger partial charge in [-0.1, -0.05) is 0 Å². The Morgan fingerprint density at radius 3 is 2.89 bits per heavy atom. The van der Waals surface area contributed by atoms with E-state index < -0.39 is 5.82 Å². The fraction of sp³-hybridized carbons (Fsp3) is 0.400. The minimum Gasteiger partial charge on any atom is -0.327 e. The maximum Gasteiger partial charge on any atom is 0.159 e. The fourth-order valence-corrected chi connectivity index (χ4v) is 4.68. The number of rotatable bonds is 2. The van der Waals surface area contributed by atoms with E-state index in [1.165, 1.54) is 17.7 Å². The quantitative estimate of drug-likeness (QED) is 0.754. The molecule has 0 bridgehead atoms. The lowest BCUT2D eigenvalue weighted by atomic mass is 9.77. The zero-order valence-electron chi connectivity index (χ0n) is 14.9. The predicted molar refractivity (Wildman–Crippen MR) is 96.9 cm³/mol. The summed E-state index contributed by atoms with van der Waals surface area (Å²) in [4.78, 5) is 6.84. The molecule has 1 fully saturated rings. The average molecular weight is 369 g/mol. The molecule has 0 amide bonds. The van der Waals surface area contributed by atoms with Gasteiger partial charge >= 0.3 is 0 Å². The second-order valence-electron chi connectivity index (χ2n) is 7.62. The molecule has 3 aromatic rings. The molecule has 0 saturated heterocycles. The SMILES string of the molecule is N[C@H]1C[C@@H](N2Cc3nn4cccnc4c3C2)CCC1c1cc(F)ccc1F. The normalized spacial score (nSPS) is 25.8.